The molecule has 3 aromatic rings. The Morgan fingerprint density at radius 3 is 2.48 bits per heavy atom. The second kappa shape index (κ2) is 9.22. The van der Waals surface area contributed by atoms with Gasteiger partial charge in [-0.3, -0.25) is 4.79 Å². The van der Waals surface area contributed by atoms with E-state index in [0.717, 1.165) is 17.6 Å². The number of amides is 1. The van der Waals surface area contributed by atoms with Gasteiger partial charge in [0.15, 0.2) is 0 Å². The predicted octanol–water partition coefficient (Wildman–Crippen LogP) is 5.41. The zero-order chi connectivity index (χ0) is 19.1. The highest BCUT2D eigenvalue weighted by molar-refractivity contribution is 5.98. The number of aryl methyl sites for hydroxylation is 1. The molecule has 1 N–H and O–H groups in total. The number of ether oxygens (including phenoxy) is 1. The van der Waals surface area contributed by atoms with Crippen LogP contribution in [-0.2, 0) is 11.2 Å². The molecular weight excluding hydrogens is 334 g/mol. The first-order valence-corrected chi connectivity index (χ1v) is 9.69. The van der Waals surface area contributed by atoms with E-state index in [2.05, 4.69) is 61.3 Å². The van der Waals surface area contributed by atoms with Crippen LogP contribution >= 0.6 is 0 Å². The zero-order valence-electron chi connectivity index (χ0n) is 16.0. The average molecular weight is 361 g/mol. The van der Waals surface area contributed by atoms with Crippen LogP contribution in [-0.4, -0.2) is 19.1 Å². The van der Waals surface area contributed by atoms with Crippen molar-refractivity contribution in [3.8, 4) is 5.75 Å². The molecule has 0 unspecified atom stereocenters. The number of nitrogens with one attached hydrogen (secondary N) is 1. The van der Waals surface area contributed by atoms with Gasteiger partial charge in [-0.05, 0) is 70.3 Å². The molecule has 0 aliphatic heterocycles. The molecule has 27 heavy (non-hydrogen) atoms. The summed E-state index contributed by atoms with van der Waals surface area (Å²) in [5.74, 6) is 0.628. The molecule has 0 radical (unpaired) electrons. The van der Waals surface area contributed by atoms with Crippen molar-refractivity contribution in [3.63, 3.8) is 0 Å². The molecule has 0 spiro atoms. The fraction of sp³-hybridized carbons (Fsp3) is 0.292. The minimum absolute atomic E-state index is 0.183. The normalized spacial score (nSPS) is 10.9. The van der Waals surface area contributed by atoms with Crippen LogP contribution in [0, 0.1) is 0 Å². The maximum absolute atomic E-state index is 11.1. The zero-order valence-corrected chi connectivity index (χ0v) is 16.0. The molecule has 3 rings (SSSR count). The summed E-state index contributed by atoms with van der Waals surface area (Å²) in [5.41, 5.74) is 1.41. The molecule has 0 aromatic heterocycles. The van der Waals surface area contributed by atoms with Crippen molar-refractivity contribution < 1.29 is 9.53 Å². The molecule has 0 aliphatic rings. The van der Waals surface area contributed by atoms with Crippen molar-refractivity contribution >= 4 is 27.5 Å². The fourth-order valence-electron chi connectivity index (χ4n) is 3.26. The first-order valence-electron chi connectivity index (χ1n) is 9.69. The maximum atomic E-state index is 11.1. The lowest BCUT2D eigenvalue weighted by molar-refractivity contribution is -0.116. The second-order valence-electron chi connectivity index (χ2n) is 6.84. The molecule has 0 fully saturated rings. The van der Waals surface area contributed by atoms with Crippen LogP contribution in [0.2, 0.25) is 0 Å². The fourth-order valence-corrected chi connectivity index (χ4v) is 3.26. The van der Waals surface area contributed by atoms with E-state index < -0.39 is 0 Å². The molecule has 0 aliphatic carbocycles. The topological polar surface area (TPSA) is 38.3 Å². The van der Waals surface area contributed by atoms with Gasteiger partial charge in [0, 0.05) is 0 Å². The molecule has 3 aromatic carbocycles. The number of fused-ring (bicyclic) bond motifs is 2. The quantitative estimate of drug-likeness (QED) is 0.314. The van der Waals surface area contributed by atoms with E-state index in [1.54, 1.807) is 0 Å². The number of carbonyl (C=O) groups is 1. The van der Waals surface area contributed by atoms with Gasteiger partial charge in [0.1, 0.15) is 12.4 Å². The molecule has 3 nitrogen and oxygen atoms in total. The van der Waals surface area contributed by atoms with Crippen LogP contribution in [0.3, 0.4) is 0 Å². The first kappa shape index (κ1) is 19.0. The van der Waals surface area contributed by atoms with Crippen LogP contribution in [0.1, 0.15) is 31.7 Å². The van der Waals surface area contributed by atoms with Gasteiger partial charge >= 0.3 is 0 Å². The lowest BCUT2D eigenvalue weighted by Crippen LogP contribution is -2.26. The minimum Gasteiger partial charge on any atom is -0.492 e. The third-order valence-electron chi connectivity index (χ3n) is 4.76. The van der Waals surface area contributed by atoms with Crippen molar-refractivity contribution in [1.82, 2.24) is 5.32 Å². The van der Waals surface area contributed by atoms with Gasteiger partial charge in [0.05, 0.1) is 6.54 Å². The Morgan fingerprint density at radius 2 is 1.74 bits per heavy atom. The van der Waals surface area contributed by atoms with Gasteiger partial charge in [-0.25, -0.2) is 0 Å². The molecule has 0 bridgehead atoms. The number of unbranched alkanes of at least 4 members (excludes halogenated alkanes) is 2. The highest BCUT2D eigenvalue weighted by Gasteiger charge is 2.03. The number of hydrogen-bond donors (Lipinski definition) is 1. The molecule has 0 saturated heterocycles. The Labute approximate surface area is 161 Å². The summed E-state index contributed by atoms with van der Waals surface area (Å²) in [6.07, 6.45) is 6.20. The van der Waals surface area contributed by atoms with Crippen molar-refractivity contribution in [2.24, 2.45) is 0 Å². The third-order valence-corrected chi connectivity index (χ3v) is 4.76. The Bertz CT molecular complexity index is 946. The SMILES string of the molecule is C=CC(=O)NCCOc1ccc2cc3cc(CCCCC)ccc3cc2c1. The largest absolute Gasteiger partial charge is 0.492 e. The first-order chi connectivity index (χ1) is 13.2. The van der Waals surface area contributed by atoms with E-state index in [-0.39, 0.29) is 5.91 Å². The third kappa shape index (κ3) is 5.10. The Hall–Kier alpha value is -2.81. The smallest absolute Gasteiger partial charge is 0.243 e. The van der Waals surface area contributed by atoms with Gasteiger partial charge in [-0.2, -0.15) is 0 Å². The van der Waals surface area contributed by atoms with E-state index in [1.165, 1.54) is 47.1 Å². The van der Waals surface area contributed by atoms with Crippen molar-refractivity contribution in [1.29, 1.82) is 0 Å². The molecular formula is C24H27NO2. The molecule has 140 valence electrons. The van der Waals surface area contributed by atoms with Crippen LogP contribution in [0.25, 0.3) is 21.5 Å². The number of rotatable bonds is 9. The molecule has 0 heterocycles. The average Bonchev–Trinajstić information content (AvgIpc) is 2.69. The van der Waals surface area contributed by atoms with E-state index in [9.17, 15) is 4.79 Å². The second-order valence-corrected chi connectivity index (χ2v) is 6.84. The predicted molar refractivity (Wildman–Crippen MR) is 113 cm³/mol. The molecule has 0 atom stereocenters. The highest BCUT2D eigenvalue weighted by Crippen LogP contribution is 2.27. The van der Waals surface area contributed by atoms with Gasteiger partial charge in [0.2, 0.25) is 5.91 Å². The van der Waals surface area contributed by atoms with Gasteiger partial charge in [0.25, 0.3) is 0 Å². The van der Waals surface area contributed by atoms with Crippen LogP contribution in [0.15, 0.2) is 61.2 Å². The van der Waals surface area contributed by atoms with Crippen molar-refractivity contribution in [2.45, 2.75) is 32.6 Å². The molecule has 3 heteroatoms. The number of benzene rings is 3. The van der Waals surface area contributed by atoms with Crippen LogP contribution in [0.5, 0.6) is 5.75 Å². The Kier molecular flexibility index (Phi) is 6.48. The standard InChI is InChI=1S/C24H27NO2/c1-3-5-6-7-18-8-9-19-16-22-17-23(27-13-12-25-24(26)4-2)11-10-20(22)15-21(19)14-18/h4,8-11,14-17H,2-3,5-7,12-13H2,1H3,(H,25,26). The summed E-state index contributed by atoms with van der Waals surface area (Å²) in [4.78, 5) is 11.1. The summed E-state index contributed by atoms with van der Waals surface area (Å²) in [5, 5.41) is 7.61. The summed E-state index contributed by atoms with van der Waals surface area (Å²) in [6, 6.07) is 17.4. The summed E-state index contributed by atoms with van der Waals surface area (Å²) in [6.45, 7) is 6.56. The lowest BCUT2D eigenvalue weighted by Gasteiger charge is -2.09. The number of carbonyl (C=O) groups excluding carboxylic acids is 1. The van der Waals surface area contributed by atoms with E-state index in [4.69, 9.17) is 4.74 Å². The summed E-state index contributed by atoms with van der Waals surface area (Å²) >= 11 is 0. The van der Waals surface area contributed by atoms with Crippen molar-refractivity contribution in [3.05, 3.63) is 66.7 Å². The van der Waals surface area contributed by atoms with Gasteiger partial charge in [-0.15, -0.1) is 0 Å². The monoisotopic (exact) mass is 361 g/mol. The number of hydrogen-bond acceptors (Lipinski definition) is 2. The molecule has 0 saturated carbocycles. The Morgan fingerprint density at radius 1 is 1.00 bits per heavy atom. The molecule has 1 amide bonds. The van der Waals surface area contributed by atoms with E-state index >= 15 is 0 Å². The van der Waals surface area contributed by atoms with Gasteiger partial charge in [-0.1, -0.05) is 50.6 Å². The Balaban J connectivity index is 1.72. The van der Waals surface area contributed by atoms with Crippen LogP contribution in [0.4, 0.5) is 0 Å². The van der Waals surface area contributed by atoms with E-state index in [1.807, 2.05) is 6.07 Å². The minimum atomic E-state index is -0.183. The van der Waals surface area contributed by atoms with Crippen molar-refractivity contribution in [2.75, 3.05) is 13.2 Å². The highest BCUT2D eigenvalue weighted by atomic mass is 16.5. The maximum Gasteiger partial charge on any atom is 0.243 e. The van der Waals surface area contributed by atoms with Crippen LogP contribution < -0.4 is 10.1 Å². The van der Waals surface area contributed by atoms with Gasteiger partial charge < -0.3 is 10.1 Å². The van der Waals surface area contributed by atoms with E-state index in [0.29, 0.717) is 13.2 Å². The summed E-state index contributed by atoms with van der Waals surface area (Å²) in [7, 11) is 0. The summed E-state index contributed by atoms with van der Waals surface area (Å²) < 4.78 is 5.75. The lowest BCUT2D eigenvalue weighted by atomic mass is 9.99.